The van der Waals surface area contributed by atoms with Crippen molar-refractivity contribution in [1.29, 1.82) is 0 Å². The van der Waals surface area contributed by atoms with Gasteiger partial charge in [-0.2, -0.15) is 9.50 Å². The molecule has 3 aromatic heterocycles. The van der Waals surface area contributed by atoms with Crippen LogP contribution in [0.15, 0.2) is 51.1 Å². The number of hydroxylamine groups is 1. The molecule has 0 aliphatic carbocycles. The molecule has 0 spiro atoms. The number of nitrogens with one attached hydrogen (secondary N) is 2. The molecule has 51 heavy (non-hydrogen) atoms. The van der Waals surface area contributed by atoms with Gasteiger partial charge in [0.25, 0.3) is 23.5 Å². The van der Waals surface area contributed by atoms with Gasteiger partial charge >= 0.3 is 5.97 Å². The molecule has 22 heteroatoms. The van der Waals surface area contributed by atoms with E-state index in [9.17, 15) is 34.5 Å². The Morgan fingerprint density at radius 2 is 1.94 bits per heavy atom. The zero-order valence-electron chi connectivity index (χ0n) is 26.7. The third-order valence-corrected chi connectivity index (χ3v) is 10.7. The van der Waals surface area contributed by atoms with E-state index in [2.05, 4.69) is 30.5 Å². The molecule has 2 aliphatic rings. The van der Waals surface area contributed by atoms with Crippen molar-refractivity contribution in [3.8, 4) is 22.9 Å². The summed E-state index contributed by atoms with van der Waals surface area (Å²) in [5, 5.41) is 51.0. The van der Waals surface area contributed by atoms with Gasteiger partial charge in [0.15, 0.2) is 28.2 Å². The van der Waals surface area contributed by atoms with Crippen molar-refractivity contribution >= 4 is 75.2 Å². The first kappa shape index (κ1) is 35.4. The molecule has 3 amide bonds. The Labute approximate surface area is 299 Å². The first-order valence-electron chi connectivity index (χ1n) is 14.7. The van der Waals surface area contributed by atoms with Crippen LogP contribution in [-0.2, 0) is 24.0 Å². The fraction of sp³-hybridized carbons (Fsp3) is 0.276. The van der Waals surface area contributed by atoms with E-state index in [0.717, 1.165) is 16.2 Å². The van der Waals surface area contributed by atoms with Crippen LogP contribution in [0.3, 0.4) is 0 Å². The largest absolute Gasteiger partial charge is 0.504 e. The normalized spacial score (nSPS) is 17.6. The molecule has 2 aliphatic heterocycles. The van der Waals surface area contributed by atoms with Gasteiger partial charge in [-0.25, -0.2) is 20.2 Å². The van der Waals surface area contributed by atoms with E-state index in [1.54, 1.807) is 19.1 Å². The summed E-state index contributed by atoms with van der Waals surface area (Å²) in [6.07, 6.45) is 0. The first-order chi connectivity index (χ1) is 24.2. The summed E-state index contributed by atoms with van der Waals surface area (Å²) >= 11 is 3.53. The molecule has 1 aromatic carbocycles. The number of amides is 3. The topological polar surface area (TPSA) is 280 Å². The number of hydrogen-bond acceptors (Lipinski definition) is 17. The van der Waals surface area contributed by atoms with Crippen LogP contribution in [0, 0.1) is 6.92 Å². The zero-order valence-corrected chi connectivity index (χ0v) is 29.2. The molecule has 2 unspecified atom stereocenters. The van der Waals surface area contributed by atoms with E-state index in [1.165, 1.54) is 64.9 Å². The maximum atomic E-state index is 13.4. The standard InChI is InChI=1S/C29H28N10O9S3/c1-11-6-17(39-28(31-11)34-21(35-39)12-4-5-15(40)16(41)7-12)49-8-13-9-50-24-19(23(43)38(24)20(13)25(44)45)33-22(42)18(14-10-51-27(30)32-14)37-48-29(2,3)26(46)36-47/h4-7,10,19,24,40-41,47H,8-9H2,1-3H3,(H2,30,32)(H,33,42)(H,36,46)(H,44,45)/b37-18+. The minimum absolute atomic E-state index is 0.00161. The molecule has 2 atom stereocenters. The fourth-order valence-corrected chi connectivity index (χ4v) is 8.03. The lowest BCUT2D eigenvalue weighted by Gasteiger charge is -2.49. The Morgan fingerprint density at radius 3 is 2.61 bits per heavy atom. The highest BCUT2D eigenvalue weighted by atomic mass is 32.2. The molecule has 0 saturated carbocycles. The Balaban J connectivity index is 1.21. The average molecular weight is 757 g/mol. The quantitative estimate of drug-likeness (QED) is 0.0214. The molecular formula is C29H28N10O9S3. The van der Waals surface area contributed by atoms with Gasteiger partial charge in [-0.3, -0.25) is 24.5 Å². The lowest BCUT2D eigenvalue weighted by molar-refractivity contribution is -0.152. The highest BCUT2D eigenvalue weighted by Gasteiger charge is 2.54. The number of β-lactam (4-membered cyclic amide) rings is 1. The van der Waals surface area contributed by atoms with Crippen LogP contribution in [0.4, 0.5) is 5.13 Å². The molecular weight excluding hydrogens is 729 g/mol. The number of aliphatic carboxylic acids is 1. The second-order valence-corrected chi connectivity index (χ2v) is 14.5. The number of rotatable bonds is 11. The predicted molar refractivity (Wildman–Crippen MR) is 183 cm³/mol. The first-order valence-corrected chi connectivity index (χ1v) is 17.6. The van der Waals surface area contributed by atoms with Crippen molar-refractivity contribution < 1.29 is 44.5 Å². The van der Waals surface area contributed by atoms with Crippen molar-refractivity contribution in [2.45, 2.75) is 42.8 Å². The lowest BCUT2D eigenvalue weighted by atomic mass is 10.0. The number of aryl methyl sites for hydroxylation is 1. The fourth-order valence-electron chi connectivity index (χ4n) is 4.94. The van der Waals surface area contributed by atoms with Crippen molar-refractivity contribution in [2.24, 2.45) is 5.16 Å². The molecule has 8 N–H and O–H groups in total. The van der Waals surface area contributed by atoms with E-state index in [0.29, 0.717) is 21.9 Å². The number of carbonyl (C=O) groups is 4. The van der Waals surface area contributed by atoms with Gasteiger partial charge < -0.3 is 31.2 Å². The van der Waals surface area contributed by atoms with Crippen LogP contribution >= 0.6 is 34.9 Å². The van der Waals surface area contributed by atoms with Crippen LogP contribution in [0.5, 0.6) is 11.5 Å². The third kappa shape index (κ3) is 6.85. The number of fused-ring (bicyclic) bond motifs is 2. The molecule has 1 saturated heterocycles. The number of oxime groups is 1. The monoisotopic (exact) mass is 756 g/mol. The highest BCUT2D eigenvalue weighted by molar-refractivity contribution is 8.01. The number of nitrogens with two attached hydrogens (primary N) is 1. The smallest absolute Gasteiger partial charge is 0.352 e. The predicted octanol–water partition coefficient (Wildman–Crippen LogP) is 1.09. The third-order valence-electron chi connectivity index (χ3n) is 7.56. The number of carboxylic acid groups (broad SMARTS) is 1. The molecule has 5 heterocycles. The van der Waals surface area contributed by atoms with Gasteiger partial charge in [-0.1, -0.05) is 5.16 Å². The lowest BCUT2D eigenvalue weighted by Crippen LogP contribution is -2.71. The van der Waals surface area contributed by atoms with E-state index in [1.807, 2.05) is 0 Å². The molecule has 0 radical (unpaired) electrons. The number of carbonyl (C=O) groups excluding carboxylic acids is 3. The number of phenolic OH excluding ortho intramolecular Hbond substituents is 2. The van der Waals surface area contributed by atoms with Crippen molar-refractivity contribution in [3.63, 3.8) is 0 Å². The average Bonchev–Trinajstić information content (AvgIpc) is 3.72. The SMILES string of the molecule is Cc1cc(SCC2=C(C(=O)O)N3C(=O)C(NC(=O)/C(=N/OC(C)(C)C(=O)NO)c4csc(N)n4)C3SC2)n2nc(-c3ccc(O)c(O)c3)nc2n1. The second-order valence-electron chi connectivity index (χ2n) is 11.5. The summed E-state index contributed by atoms with van der Waals surface area (Å²) in [7, 11) is 0. The molecule has 19 nitrogen and oxygen atoms in total. The van der Waals surface area contributed by atoms with E-state index >= 15 is 0 Å². The number of phenols is 2. The summed E-state index contributed by atoms with van der Waals surface area (Å²) in [4.78, 5) is 70.6. The highest BCUT2D eigenvalue weighted by Crippen LogP contribution is 2.42. The number of nitrogen functional groups attached to an aromatic ring is 1. The van der Waals surface area contributed by atoms with Gasteiger partial charge in [-0.05, 0) is 50.6 Å². The Bertz CT molecular complexity index is 2170. The van der Waals surface area contributed by atoms with Crippen LogP contribution < -0.4 is 16.5 Å². The molecule has 266 valence electrons. The number of aromatic hydroxyl groups is 2. The van der Waals surface area contributed by atoms with Crippen molar-refractivity contribution in [1.82, 2.24) is 40.3 Å². The van der Waals surface area contributed by atoms with E-state index in [4.69, 9.17) is 15.8 Å². The van der Waals surface area contributed by atoms with Crippen molar-refractivity contribution in [3.05, 3.63) is 52.3 Å². The number of hydrogen-bond donors (Lipinski definition) is 7. The van der Waals surface area contributed by atoms with Crippen LogP contribution in [-0.4, -0.2) is 108 Å². The van der Waals surface area contributed by atoms with Crippen LogP contribution in [0.2, 0.25) is 0 Å². The second kappa shape index (κ2) is 13.7. The summed E-state index contributed by atoms with van der Waals surface area (Å²) in [6, 6.07) is 4.79. The van der Waals surface area contributed by atoms with Gasteiger partial charge in [0.1, 0.15) is 27.8 Å². The summed E-state index contributed by atoms with van der Waals surface area (Å²) in [5.74, 6) is -3.59. The number of aromatic nitrogens is 5. The van der Waals surface area contributed by atoms with Gasteiger partial charge in [0.05, 0.1) is 0 Å². The molecule has 0 bridgehead atoms. The van der Waals surface area contributed by atoms with Gasteiger partial charge in [0.2, 0.25) is 5.60 Å². The summed E-state index contributed by atoms with van der Waals surface area (Å²) in [5.41, 5.74) is 6.38. The maximum absolute atomic E-state index is 13.4. The summed E-state index contributed by atoms with van der Waals surface area (Å²) < 4.78 is 1.48. The number of anilines is 1. The number of thioether (sulfide) groups is 2. The summed E-state index contributed by atoms with van der Waals surface area (Å²) in [6.45, 7) is 4.35. The van der Waals surface area contributed by atoms with Crippen LogP contribution in [0.25, 0.3) is 17.2 Å². The Kier molecular flexibility index (Phi) is 9.50. The minimum atomic E-state index is -1.70. The zero-order chi connectivity index (χ0) is 36.8. The van der Waals surface area contributed by atoms with Crippen molar-refractivity contribution in [2.75, 3.05) is 17.2 Å². The minimum Gasteiger partial charge on any atom is -0.504 e. The number of benzene rings is 1. The molecule has 1 fully saturated rings. The van der Waals surface area contributed by atoms with E-state index < -0.39 is 46.4 Å². The van der Waals surface area contributed by atoms with Crippen LogP contribution in [0.1, 0.15) is 25.2 Å². The Hall–Kier alpha value is -5.45. The number of nitrogens with zero attached hydrogens (tertiary/aromatic N) is 7. The van der Waals surface area contributed by atoms with Gasteiger partial charge in [0, 0.05) is 28.1 Å². The molecule has 6 rings (SSSR count). The van der Waals surface area contributed by atoms with E-state index in [-0.39, 0.29) is 51.1 Å². The molecule has 4 aromatic rings. The maximum Gasteiger partial charge on any atom is 0.352 e. The number of thiazole rings is 1. The Morgan fingerprint density at radius 1 is 1.18 bits per heavy atom. The van der Waals surface area contributed by atoms with Gasteiger partial charge in [-0.15, -0.1) is 40.0 Å². The number of carboxylic acids is 1.